The molecule has 1 amide bonds. The summed E-state index contributed by atoms with van der Waals surface area (Å²) in [6.07, 6.45) is 0. The Labute approximate surface area is 190 Å². The average molecular weight is 458 g/mol. The van der Waals surface area contributed by atoms with Crippen LogP contribution in [0.15, 0.2) is 34.2 Å². The Balaban J connectivity index is 1.76. The van der Waals surface area contributed by atoms with Crippen molar-refractivity contribution in [1.29, 1.82) is 0 Å². The smallest absolute Gasteiger partial charge is 0.263 e. The number of carbonyl (C=O) groups is 2. The van der Waals surface area contributed by atoms with E-state index in [9.17, 15) is 14.4 Å². The first kappa shape index (κ1) is 23.2. The molecule has 1 aromatic carbocycles. The minimum absolute atomic E-state index is 0.0526. The van der Waals surface area contributed by atoms with Gasteiger partial charge in [-0.15, -0.1) is 11.3 Å². The largest absolute Gasteiger partial charge is 0.326 e. The fraction of sp³-hybridized carbons (Fsp3) is 0.391. The van der Waals surface area contributed by atoms with E-state index in [-0.39, 0.29) is 23.0 Å². The van der Waals surface area contributed by atoms with E-state index in [1.807, 2.05) is 41.5 Å². The number of thiophene rings is 1. The second-order valence-electron chi connectivity index (χ2n) is 8.40. The lowest BCUT2D eigenvalue weighted by Crippen LogP contribution is -2.27. The Morgan fingerprint density at radius 2 is 1.81 bits per heavy atom. The molecule has 0 aliphatic carbocycles. The van der Waals surface area contributed by atoms with Crippen molar-refractivity contribution in [2.45, 2.75) is 53.2 Å². The summed E-state index contributed by atoms with van der Waals surface area (Å²) in [5.41, 5.74) is 1.64. The second-order valence-corrected chi connectivity index (χ2v) is 10.5. The van der Waals surface area contributed by atoms with Crippen LogP contribution in [0.5, 0.6) is 0 Å². The number of hydrogen-bond donors (Lipinski definition) is 1. The van der Waals surface area contributed by atoms with E-state index in [0.29, 0.717) is 28.3 Å². The van der Waals surface area contributed by atoms with Gasteiger partial charge in [-0.1, -0.05) is 32.5 Å². The van der Waals surface area contributed by atoms with Gasteiger partial charge in [0.25, 0.3) is 5.56 Å². The lowest BCUT2D eigenvalue weighted by Gasteiger charge is -2.17. The van der Waals surface area contributed by atoms with Gasteiger partial charge in [0.1, 0.15) is 4.83 Å². The predicted molar refractivity (Wildman–Crippen MR) is 129 cm³/mol. The van der Waals surface area contributed by atoms with Gasteiger partial charge in [-0.2, -0.15) is 0 Å². The van der Waals surface area contributed by atoms with Gasteiger partial charge in [0.05, 0.1) is 11.1 Å². The van der Waals surface area contributed by atoms with Crippen LogP contribution in [0, 0.1) is 19.3 Å². The zero-order chi connectivity index (χ0) is 22.9. The van der Waals surface area contributed by atoms with Crippen LogP contribution in [0.2, 0.25) is 0 Å². The summed E-state index contributed by atoms with van der Waals surface area (Å²) in [7, 11) is 0. The molecule has 3 rings (SSSR count). The number of fused-ring (bicyclic) bond motifs is 1. The highest BCUT2D eigenvalue weighted by atomic mass is 32.2. The fourth-order valence-electron chi connectivity index (χ4n) is 2.97. The highest BCUT2D eigenvalue weighted by molar-refractivity contribution is 7.99. The van der Waals surface area contributed by atoms with Crippen molar-refractivity contribution in [1.82, 2.24) is 9.55 Å². The van der Waals surface area contributed by atoms with Crippen molar-refractivity contribution in [3.8, 4) is 0 Å². The van der Waals surface area contributed by atoms with E-state index in [2.05, 4.69) is 10.3 Å². The first-order valence-electron chi connectivity index (χ1n) is 10.1. The number of carbonyl (C=O) groups excluding carboxylic acids is 2. The summed E-state index contributed by atoms with van der Waals surface area (Å²) in [5, 5.41) is 4.08. The first-order valence-corrected chi connectivity index (χ1v) is 11.9. The molecule has 2 heterocycles. The van der Waals surface area contributed by atoms with Gasteiger partial charge >= 0.3 is 0 Å². The minimum Gasteiger partial charge on any atom is -0.326 e. The normalized spacial score (nSPS) is 11.7. The number of rotatable bonds is 6. The van der Waals surface area contributed by atoms with Crippen molar-refractivity contribution in [2.75, 3.05) is 11.1 Å². The van der Waals surface area contributed by atoms with E-state index in [1.165, 1.54) is 23.1 Å². The maximum Gasteiger partial charge on any atom is 0.263 e. The molecule has 0 atom stereocenters. The van der Waals surface area contributed by atoms with Crippen LogP contribution in [0.3, 0.4) is 0 Å². The number of benzene rings is 1. The SMILES string of the molecule is CCn1c(SCC(=O)c2ccc(NC(=O)C(C)(C)C)cc2)nc2sc(C)c(C)c2c1=O. The van der Waals surface area contributed by atoms with Crippen LogP contribution in [-0.4, -0.2) is 27.0 Å². The van der Waals surface area contributed by atoms with Crippen LogP contribution in [0.25, 0.3) is 10.2 Å². The van der Waals surface area contributed by atoms with Crippen molar-refractivity contribution in [2.24, 2.45) is 5.41 Å². The van der Waals surface area contributed by atoms with Gasteiger partial charge in [0.2, 0.25) is 5.91 Å². The molecule has 0 aliphatic heterocycles. The Hall–Kier alpha value is -2.45. The molecular weight excluding hydrogens is 430 g/mol. The number of aromatic nitrogens is 2. The summed E-state index contributed by atoms with van der Waals surface area (Å²) in [6.45, 7) is 11.9. The summed E-state index contributed by atoms with van der Waals surface area (Å²) >= 11 is 2.78. The molecule has 6 nitrogen and oxygen atoms in total. The number of nitrogens with zero attached hydrogens (tertiary/aromatic N) is 2. The number of nitrogens with one attached hydrogen (secondary N) is 1. The van der Waals surface area contributed by atoms with E-state index in [0.717, 1.165) is 15.3 Å². The summed E-state index contributed by atoms with van der Waals surface area (Å²) in [4.78, 5) is 44.2. The first-order chi connectivity index (χ1) is 14.5. The summed E-state index contributed by atoms with van der Waals surface area (Å²) in [5.74, 6) is 0.0315. The van der Waals surface area contributed by atoms with Gasteiger partial charge in [0, 0.05) is 28.1 Å². The van der Waals surface area contributed by atoms with Crippen LogP contribution in [0.4, 0.5) is 5.69 Å². The van der Waals surface area contributed by atoms with E-state index in [4.69, 9.17) is 0 Å². The van der Waals surface area contributed by atoms with E-state index >= 15 is 0 Å². The molecule has 1 N–H and O–H groups in total. The topological polar surface area (TPSA) is 81.1 Å². The zero-order valence-corrected chi connectivity index (χ0v) is 20.3. The maximum absolute atomic E-state index is 12.9. The van der Waals surface area contributed by atoms with Crippen LogP contribution < -0.4 is 10.9 Å². The van der Waals surface area contributed by atoms with Crippen LogP contribution in [0.1, 0.15) is 48.5 Å². The monoisotopic (exact) mass is 457 g/mol. The number of aryl methyl sites for hydroxylation is 2. The van der Waals surface area contributed by atoms with Crippen LogP contribution >= 0.6 is 23.1 Å². The highest BCUT2D eigenvalue weighted by Gasteiger charge is 2.21. The van der Waals surface area contributed by atoms with Gasteiger partial charge in [0.15, 0.2) is 10.9 Å². The molecule has 0 saturated heterocycles. The van der Waals surface area contributed by atoms with Crippen molar-refractivity contribution in [3.63, 3.8) is 0 Å². The standard InChI is InChI=1S/C23H27N3O3S2/c1-7-26-20(28)18-13(2)14(3)31-19(18)25-22(26)30-12-17(27)15-8-10-16(11-9-15)24-21(29)23(4,5)6/h8-11H,7,12H2,1-6H3,(H,24,29). The van der Waals surface area contributed by atoms with Crippen molar-refractivity contribution < 1.29 is 9.59 Å². The Bertz CT molecular complexity index is 1200. The zero-order valence-electron chi connectivity index (χ0n) is 18.7. The van der Waals surface area contributed by atoms with Crippen LogP contribution in [-0.2, 0) is 11.3 Å². The molecule has 0 saturated carbocycles. The predicted octanol–water partition coefficient (Wildman–Crippen LogP) is 5.05. The second kappa shape index (κ2) is 8.96. The third-order valence-corrected chi connectivity index (χ3v) is 7.13. The molecule has 0 bridgehead atoms. The highest BCUT2D eigenvalue weighted by Crippen LogP contribution is 2.28. The van der Waals surface area contributed by atoms with Gasteiger partial charge in [-0.25, -0.2) is 4.98 Å². The molecule has 164 valence electrons. The average Bonchev–Trinajstić information content (AvgIpc) is 2.99. The number of ketones is 1. The van der Waals surface area contributed by atoms with E-state index in [1.54, 1.807) is 28.8 Å². The third kappa shape index (κ3) is 4.91. The Morgan fingerprint density at radius 3 is 2.39 bits per heavy atom. The third-order valence-electron chi connectivity index (χ3n) is 5.05. The quantitative estimate of drug-likeness (QED) is 0.318. The number of thioether (sulfide) groups is 1. The molecule has 0 unspecified atom stereocenters. The van der Waals surface area contributed by atoms with Gasteiger partial charge in [-0.3, -0.25) is 19.0 Å². The molecule has 0 spiro atoms. The number of amides is 1. The summed E-state index contributed by atoms with van der Waals surface area (Å²) < 4.78 is 1.63. The summed E-state index contributed by atoms with van der Waals surface area (Å²) in [6, 6.07) is 6.86. The lowest BCUT2D eigenvalue weighted by atomic mass is 9.95. The number of anilines is 1. The molecule has 0 aliphatic rings. The van der Waals surface area contributed by atoms with Crippen molar-refractivity contribution in [3.05, 3.63) is 50.6 Å². The van der Waals surface area contributed by atoms with Gasteiger partial charge in [-0.05, 0) is 50.6 Å². The number of hydrogen-bond acceptors (Lipinski definition) is 6. The molecule has 0 fully saturated rings. The molecule has 31 heavy (non-hydrogen) atoms. The Morgan fingerprint density at radius 1 is 1.16 bits per heavy atom. The minimum atomic E-state index is -0.492. The molecule has 8 heteroatoms. The fourth-order valence-corrected chi connectivity index (χ4v) is 5.00. The molecule has 0 radical (unpaired) electrons. The van der Waals surface area contributed by atoms with Crippen molar-refractivity contribution >= 4 is 50.7 Å². The maximum atomic E-state index is 12.9. The Kier molecular flexibility index (Phi) is 6.71. The molecule has 3 aromatic rings. The molecule has 2 aromatic heterocycles. The number of Topliss-reactive ketones (excluding diaryl/α,β-unsaturated/α-hetero) is 1. The van der Waals surface area contributed by atoms with Gasteiger partial charge < -0.3 is 5.32 Å². The van der Waals surface area contributed by atoms with E-state index < -0.39 is 5.41 Å². The molecular formula is C23H27N3O3S2. The lowest BCUT2D eigenvalue weighted by molar-refractivity contribution is -0.123.